The number of benzene rings is 2. The van der Waals surface area contributed by atoms with Gasteiger partial charge in [-0.25, -0.2) is 8.78 Å². The highest BCUT2D eigenvalue weighted by Gasteiger charge is 2.14. The van der Waals surface area contributed by atoms with Crippen LogP contribution in [0.4, 0.5) is 8.78 Å². The fourth-order valence-electron chi connectivity index (χ4n) is 2.04. The van der Waals surface area contributed by atoms with Crippen molar-refractivity contribution in [2.45, 2.75) is 25.8 Å². The van der Waals surface area contributed by atoms with Crippen molar-refractivity contribution in [2.75, 3.05) is 0 Å². The van der Waals surface area contributed by atoms with Crippen molar-refractivity contribution in [1.29, 1.82) is 0 Å². The van der Waals surface area contributed by atoms with Gasteiger partial charge < -0.3 is 5.73 Å². The molecule has 0 saturated heterocycles. The first kappa shape index (κ1) is 13.7. The van der Waals surface area contributed by atoms with Gasteiger partial charge in [0.05, 0.1) is 0 Å². The van der Waals surface area contributed by atoms with E-state index < -0.39 is 17.7 Å². The van der Waals surface area contributed by atoms with Crippen LogP contribution in [-0.4, -0.2) is 0 Å². The largest absolute Gasteiger partial charge is 0.324 e. The highest BCUT2D eigenvalue weighted by molar-refractivity contribution is 5.24. The summed E-state index contributed by atoms with van der Waals surface area (Å²) >= 11 is 0. The minimum absolute atomic E-state index is 0.243. The van der Waals surface area contributed by atoms with Crippen LogP contribution in [0.5, 0.6) is 0 Å². The summed E-state index contributed by atoms with van der Waals surface area (Å²) in [6, 6.07) is 11.8. The molecule has 0 amide bonds. The average Bonchev–Trinajstić information content (AvgIpc) is 2.41. The van der Waals surface area contributed by atoms with E-state index in [4.69, 9.17) is 5.73 Å². The molecule has 0 bridgehead atoms. The van der Waals surface area contributed by atoms with Crippen molar-refractivity contribution >= 4 is 0 Å². The monoisotopic (exact) mass is 261 g/mol. The number of aryl methyl sites for hydroxylation is 2. The third-order valence-electron chi connectivity index (χ3n) is 3.25. The van der Waals surface area contributed by atoms with E-state index in [2.05, 4.69) is 0 Å². The number of hydrogen-bond donors (Lipinski definition) is 1. The molecule has 2 N–H and O–H groups in total. The van der Waals surface area contributed by atoms with E-state index in [1.165, 1.54) is 17.7 Å². The molecule has 0 aliphatic rings. The van der Waals surface area contributed by atoms with Gasteiger partial charge in [-0.05, 0) is 31.4 Å². The second-order valence-corrected chi connectivity index (χ2v) is 4.77. The SMILES string of the molecule is Cc1ccc(CCC(N)c2cccc(F)c2F)cc1. The molecule has 0 fully saturated rings. The van der Waals surface area contributed by atoms with Crippen LogP contribution < -0.4 is 5.73 Å². The van der Waals surface area contributed by atoms with Crippen LogP contribution in [0.1, 0.15) is 29.2 Å². The van der Waals surface area contributed by atoms with E-state index >= 15 is 0 Å². The smallest absolute Gasteiger partial charge is 0.163 e. The molecule has 1 unspecified atom stereocenters. The summed E-state index contributed by atoms with van der Waals surface area (Å²) in [5.74, 6) is -1.68. The molecular weight excluding hydrogens is 244 g/mol. The van der Waals surface area contributed by atoms with Crippen LogP contribution >= 0.6 is 0 Å². The first-order valence-electron chi connectivity index (χ1n) is 6.33. The van der Waals surface area contributed by atoms with Gasteiger partial charge in [-0.3, -0.25) is 0 Å². The van der Waals surface area contributed by atoms with Crippen LogP contribution in [0, 0.1) is 18.6 Å². The van der Waals surface area contributed by atoms with Crippen LogP contribution in [0.2, 0.25) is 0 Å². The van der Waals surface area contributed by atoms with Crippen molar-refractivity contribution in [3.63, 3.8) is 0 Å². The lowest BCUT2D eigenvalue weighted by molar-refractivity contribution is 0.483. The topological polar surface area (TPSA) is 26.0 Å². The third kappa shape index (κ3) is 3.38. The number of rotatable bonds is 4. The van der Waals surface area contributed by atoms with Gasteiger partial charge >= 0.3 is 0 Å². The summed E-state index contributed by atoms with van der Waals surface area (Å²) in [5, 5.41) is 0. The number of halogens is 2. The first-order chi connectivity index (χ1) is 9.08. The van der Waals surface area contributed by atoms with Crippen molar-refractivity contribution in [3.05, 3.63) is 70.8 Å². The molecule has 2 aromatic carbocycles. The molecular formula is C16H17F2N. The Morgan fingerprint density at radius 1 is 1.05 bits per heavy atom. The molecule has 0 aromatic heterocycles. The van der Waals surface area contributed by atoms with E-state index in [1.54, 1.807) is 0 Å². The Labute approximate surface area is 112 Å². The van der Waals surface area contributed by atoms with Crippen molar-refractivity contribution < 1.29 is 8.78 Å². The molecule has 0 aliphatic carbocycles. The van der Waals surface area contributed by atoms with Crippen LogP contribution in [0.3, 0.4) is 0 Å². The highest BCUT2D eigenvalue weighted by atomic mass is 19.2. The summed E-state index contributed by atoms with van der Waals surface area (Å²) in [5.41, 5.74) is 8.53. The summed E-state index contributed by atoms with van der Waals surface area (Å²) in [6.45, 7) is 2.03. The first-order valence-corrected chi connectivity index (χ1v) is 6.33. The number of hydrogen-bond acceptors (Lipinski definition) is 1. The molecule has 0 aliphatic heterocycles. The fraction of sp³-hybridized carbons (Fsp3) is 0.250. The quantitative estimate of drug-likeness (QED) is 0.887. The highest BCUT2D eigenvalue weighted by Crippen LogP contribution is 2.21. The summed E-state index contributed by atoms with van der Waals surface area (Å²) in [7, 11) is 0. The van der Waals surface area contributed by atoms with Crippen molar-refractivity contribution in [3.8, 4) is 0 Å². The lowest BCUT2D eigenvalue weighted by Gasteiger charge is -2.13. The fourth-order valence-corrected chi connectivity index (χ4v) is 2.04. The molecule has 2 rings (SSSR count). The van der Waals surface area contributed by atoms with Crippen LogP contribution in [-0.2, 0) is 6.42 Å². The van der Waals surface area contributed by atoms with Gasteiger partial charge in [0.15, 0.2) is 11.6 Å². The maximum Gasteiger partial charge on any atom is 0.163 e. The summed E-state index contributed by atoms with van der Waals surface area (Å²) < 4.78 is 26.7. The molecule has 1 atom stereocenters. The molecule has 19 heavy (non-hydrogen) atoms. The van der Waals surface area contributed by atoms with Gasteiger partial charge in [0.2, 0.25) is 0 Å². The molecule has 3 heteroatoms. The van der Waals surface area contributed by atoms with Crippen LogP contribution in [0.15, 0.2) is 42.5 Å². The van der Waals surface area contributed by atoms with E-state index in [9.17, 15) is 8.78 Å². The summed E-state index contributed by atoms with van der Waals surface area (Å²) in [4.78, 5) is 0. The Morgan fingerprint density at radius 3 is 2.42 bits per heavy atom. The Morgan fingerprint density at radius 2 is 1.74 bits per heavy atom. The Balaban J connectivity index is 2.03. The van der Waals surface area contributed by atoms with E-state index in [1.807, 2.05) is 31.2 Å². The maximum atomic E-state index is 13.6. The van der Waals surface area contributed by atoms with Crippen molar-refractivity contribution in [1.82, 2.24) is 0 Å². The maximum absolute atomic E-state index is 13.6. The van der Waals surface area contributed by atoms with Crippen molar-refractivity contribution in [2.24, 2.45) is 5.73 Å². The van der Waals surface area contributed by atoms with Gasteiger partial charge in [0, 0.05) is 11.6 Å². The zero-order valence-electron chi connectivity index (χ0n) is 10.9. The standard InChI is InChI=1S/C16H17F2N/c1-11-5-7-12(8-6-11)9-10-15(19)13-3-2-4-14(17)16(13)18/h2-8,15H,9-10,19H2,1H3. The molecule has 1 nitrogen and oxygen atoms in total. The Bertz CT molecular complexity index is 549. The predicted molar refractivity (Wildman–Crippen MR) is 72.8 cm³/mol. The van der Waals surface area contributed by atoms with E-state index in [0.29, 0.717) is 6.42 Å². The summed E-state index contributed by atoms with van der Waals surface area (Å²) in [6.07, 6.45) is 1.33. The molecule has 0 heterocycles. The molecule has 100 valence electrons. The minimum Gasteiger partial charge on any atom is -0.324 e. The predicted octanol–water partition coefficient (Wildman–Crippen LogP) is 3.91. The third-order valence-corrected chi connectivity index (χ3v) is 3.25. The Kier molecular flexibility index (Phi) is 4.27. The average molecular weight is 261 g/mol. The lowest BCUT2D eigenvalue weighted by Crippen LogP contribution is -2.14. The zero-order valence-corrected chi connectivity index (χ0v) is 10.9. The lowest BCUT2D eigenvalue weighted by atomic mass is 9.99. The molecule has 0 saturated carbocycles. The van der Waals surface area contributed by atoms with Gasteiger partial charge in [0.1, 0.15) is 0 Å². The van der Waals surface area contributed by atoms with E-state index in [-0.39, 0.29) is 5.56 Å². The van der Waals surface area contributed by atoms with Gasteiger partial charge in [-0.1, -0.05) is 42.0 Å². The normalized spacial score (nSPS) is 12.4. The molecule has 0 spiro atoms. The van der Waals surface area contributed by atoms with Gasteiger partial charge in [-0.15, -0.1) is 0 Å². The van der Waals surface area contributed by atoms with Gasteiger partial charge in [-0.2, -0.15) is 0 Å². The zero-order chi connectivity index (χ0) is 13.8. The van der Waals surface area contributed by atoms with Gasteiger partial charge in [0.25, 0.3) is 0 Å². The minimum atomic E-state index is -0.844. The van der Waals surface area contributed by atoms with Crippen LogP contribution in [0.25, 0.3) is 0 Å². The molecule has 0 radical (unpaired) electrons. The Hall–Kier alpha value is -1.74. The second kappa shape index (κ2) is 5.93. The second-order valence-electron chi connectivity index (χ2n) is 4.77. The molecule has 2 aromatic rings. The number of nitrogens with two attached hydrogens (primary N) is 1. The van der Waals surface area contributed by atoms with E-state index in [0.717, 1.165) is 18.1 Å².